The van der Waals surface area contributed by atoms with Crippen molar-refractivity contribution in [2.24, 2.45) is 0 Å². The molecular formula is C42H33Cl3N2. The summed E-state index contributed by atoms with van der Waals surface area (Å²) in [7, 11) is 0. The van der Waals surface area contributed by atoms with Gasteiger partial charge in [0.25, 0.3) is 0 Å². The zero-order chi connectivity index (χ0) is 32.8. The van der Waals surface area contributed by atoms with Crippen LogP contribution in [0, 0.1) is 0 Å². The molecule has 0 aliphatic heterocycles. The van der Waals surface area contributed by atoms with Gasteiger partial charge in [-0.25, -0.2) is 0 Å². The number of fused-ring (bicyclic) bond motifs is 9. The smallest absolute Gasteiger partial charge is 0.0499 e. The van der Waals surface area contributed by atoms with E-state index in [9.17, 15) is 0 Å². The van der Waals surface area contributed by atoms with Crippen molar-refractivity contribution in [1.82, 2.24) is 4.98 Å². The summed E-state index contributed by atoms with van der Waals surface area (Å²) in [5, 5.41) is 4.49. The quantitative estimate of drug-likeness (QED) is 0.168. The first-order chi connectivity index (χ1) is 22.4. The van der Waals surface area contributed by atoms with E-state index in [1.807, 2.05) is 24.3 Å². The molecule has 6 aromatic carbocycles. The number of aromatic amines is 1. The topological polar surface area (TPSA) is 41.8 Å². The van der Waals surface area contributed by atoms with Gasteiger partial charge in [0.1, 0.15) is 0 Å². The zero-order valence-corrected chi connectivity index (χ0v) is 28.9. The van der Waals surface area contributed by atoms with Crippen molar-refractivity contribution in [2.75, 3.05) is 5.73 Å². The van der Waals surface area contributed by atoms with Crippen LogP contribution in [0.15, 0.2) is 109 Å². The van der Waals surface area contributed by atoms with Crippen LogP contribution < -0.4 is 5.73 Å². The molecule has 3 N–H and O–H groups in total. The second kappa shape index (κ2) is 10.7. The minimum absolute atomic E-state index is 0.0368. The largest absolute Gasteiger partial charge is 0.398 e. The van der Waals surface area contributed by atoms with Crippen molar-refractivity contribution in [3.8, 4) is 33.4 Å². The molecule has 0 fully saturated rings. The third kappa shape index (κ3) is 4.61. The van der Waals surface area contributed by atoms with Crippen molar-refractivity contribution >= 4 is 62.3 Å². The highest BCUT2D eigenvalue weighted by Gasteiger charge is 2.37. The Bertz CT molecular complexity index is 2410. The Morgan fingerprint density at radius 2 is 1.02 bits per heavy atom. The summed E-state index contributed by atoms with van der Waals surface area (Å²) < 4.78 is 0. The minimum Gasteiger partial charge on any atom is -0.398 e. The fourth-order valence-corrected chi connectivity index (χ4v) is 8.46. The molecule has 0 amide bonds. The van der Waals surface area contributed by atoms with E-state index in [2.05, 4.69) is 112 Å². The highest BCUT2D eigenvalue weighted by molar-refractivity contribution is 6.36. The van der Waals surface area contributed by atoms with E-state index in [1.165, 1.54) is 60.8 Å². The molecule has 232 valence electrons. The van der Waals surface area contributed by atoms with E-state index in [1.54, 1.807) is 6.07 Å². The van der Waals surface area contributed by atoms with Crippen LogP contribution in [0.3, 0.4) is 0 Å². The standard InChI is InChI=1S/C21H17Cl2N.C21H16ClN/c1-21(2)17-6-4-3-5-13(17)15-10-16(20(24)11-18(15)21)14-8-7-12(22)9-19(14)23;1-21(2)17-6-4-3-5-13(17)15-10-16-14-8-7-12(22)9-19(14)23-20(16)11-18(15)21/h3-11H,24H2,1-2H3;3-11,23H,1-2H3. The van der Waals surface area contributed by atoms with Gasteiger partial charge >= 0.3 is 0 Å². The van der Waals surface area contributed by atoms with Crippen LogP contribution in [0.2, 0.25) is 15.1 Å². The highest BCUT2D eigenvalue weighted by atomic mass is 35.5. The Balaban J connectivity index is 0.000000138. The molecule has 0 saturated heterocycles. The lowest BCUT2D eigenvalue weighted by molar-refractivity contribution is 0.660. The number of halogens is 3. The fourth-order valence-electron chi connectivity index (χ4n) is 7.78. The first-order valence-electron chi connectivity index (χ1n) is 15.8. The normalized spacial score (nSPS) is 14.7. The van der Waals surface area contributed by atoms with Gasteiger partial charge < -0.3 is 10.7 Å². The van der Waals surface area contributed by atoms with E-state index in [4.69, 9.17) is 40.5 Å². The lowest BCUT2D eigenvalue weighted by atomic mass is 9.82. The molecule has 0 radical (unpaired) electrons. The van der Waals surface area contributed by atoms with Gasteiger partial charge in [-0.05, 0) is 93.0 Å². The maximum atomic E-state index is 6.40. The number of nitrogen functional groups attached to an aromatic ring is 1. The molecule has 0 spiro atoms. The van der Waals surface area contributed by atoms with Gasteiger partial charge in [0.15, 0.2) is 0 Å². The average molecular weight is 672 g/mol. The summed E-state index contributed by atoms with van der Waals surface area (Å²) in [6, 6.07) is 37.8. The van der Waals surface area contributed by atoms with Crippen molar-refractivity contribution < 1.29 is 0 Å². The monoisotopic (exact) mass is 670 g/mol. The first kappa shape index (κ1) is 30.1. The Hall–Kier alpha value is -4.21. The predicted molar refractivity (Wildman–Crippen MR) is 202 cm³/mol. The fraction of sp³-hybridized carbons (Fsp3) is 0.143. The number of anilines is 1. The molecule has 1 aromatic heterocycles. The van der Waals surface area contributed by atoms with Crippen molar-refractivity contribution in [3.63, 3.8) is 0 Å². The number of benzene rings is 6. The summed E-state index contributed by atoms with van der Waals surface area (Å²) in [5.74, 6) is 0. The lowest BCUT2D eigenvalue weighted by Crippen LogP contribution is -2.15. The SMILES string of the molecule is CC1(C)c2ccccc2-c2cc(-c3ccc(Cl)cc3Cl)c(N)cc21.CC1(C)c2ccccc2-c2cc3c(cc21)[nH]c1cc(Cl)ccc13. The van der Waals surface area contributed by atoms with Gasteiger partial charge in [0.05, 0.1) is 0 Å². The summed E-state index contributed by atoms with van der Waals surface area (Å²) in [4.78, 5) is 3.53. The molecule has 47 heavy (non-hydrogen) atoms. The Labute approximate surface area is 290 Å². The maximum Gasteiger partial charge on any atom is 0.0499 e. The van der Waals surface area contributed by atoms with Crippen LogP contribution >= 0.6 is 34.8 Å². The summed E-state index contributed by atoms with van der Waals surface area (Å²) in [5.41, 5.74) is 21.9. The first-order valence-corrected chi connectivity index (χ1v) is 16.9. The number of hydrogen-bond donors (Lipinski definition) is 2. The predicted octanol–water partition coefficient (Wildman–Crippen LogP) is 12.8. The molecule has 2 aliphatic carbocycles. The van der Waals surface area contributed by atoms with E-state index in [-0.39, 0.29) is 10.8 Å². The highest BCUT2D eigenvalue weighted by Crippen LogP contribution is 2.52. The molecule has 2 nitrogen and oxygen atoms in total. The Morgan fingerprint density at radius 3 is 1.68 bits per heavy atom. The third-order valence-electron chi connectivity index (χ3n) is 10.2. The lowest BCUT2D eigenvalue weighted by Gasteiger charge is -2.22. The Morgan fingerprint density at radius 1 is 0.468 bits per heavy atom. The number of rotatable bonds is 1. The molecule has 5 heteroatoms. The van der Waals surface area contributed by atoms with Gasteiger partial charge in [0, 0.05) is 64.5 Å². The van der Waals surface area contributed by atoms with Crippen LogP contribution in [-0.2, 0) is 10.8 Å². The van der Waals surface area contributed by atoms with Gasteiger partial charge in [-0.2, -0.15) is 0 Å². The van der Waals surface area contributed by atoms with Crippen molar-refractivity contribution in [2.45, 2.75) is 38.5 Å². The van der Waals surface area contributed by atoms with Crippen LogP contribution in [0.1, 0.15) is 49.9 Å². The second-order valence-electron chi connectivity index (χ2n) is 13.7. The molecule has 0 atom stereocenters. The number of aromatic nitrogens is 1. The number of nitrogens with one attached hydrogen (secondary N) is 1. The molecule has 0 saturated carbocycles. The van der Waals surface area contributed by atoms with Gasteiger partial charge in [-0.3, -0.25) is 0 Å². The van der Waals surface area contributed by atoms with Crippen LogP contribution in [0.25, 0.3) is 55.2 Å². The van der Waals surface area contributed by atoms with Gasteiger partial charge in [-0.1, -0.05) is 123 Å². The van der Waals surface area contributed by atoms with Gasteiger partial charge in [-0.15, -0.1) is 0 Å². The van der Waals surface area contributed by atoms with Gasteiger partial charge in [0.2, 0.25) is 0 Å². The number of H-pyrrole nitrogens is 1. The van der Waals surface area contributed by atoms with Crippen LogP contribution in [0.5, 0.6) is 0 Å². The average Bonchev–Trinajstić information content (AvgIpc) is 3.59. The van der Waals surface area contributed by atoms with Crippen molar-refractivity contribution in [1.29, 1.82) is 0 Å². The molecule has 9 rings (SSSR count). The summed E-state index contributed by atoms with van der Waals surface area (Å²) in [6.07, 6.45) is 0. The number of nitrogens with two attached hydrogens (primary N) is 1. The van der Waals surface area contributed by atoms with E-state index < -0.39 is 0 Å². The minimum atomic E-state index is -0.0532. The molecule has 1 heterocycles. The molecule has 0 unspecified atom stereocenters. The summed E-state index contributed by atoms with van der Waals surface area (Å²) in [6.45, 7) is 9.10. The number of hydrogen-bond acceptors (Lipinski definition) is 1. The van der Waals surface area contributed by atoms with Crippen LogP contribution in [0.4, 0.5) is 5.69 Å². The molecule has 0 bridgehead atoms. The maximum absolute atomic E-state index is 6.40. The van der Waals surface area contributed by atoms with Crippen LogP contribution in [-0.4, -0.2) is 4.98 Å². The zero-order valence-electron chi connectivity index (χ0n) is 26.6. The van der Waals surface area contributed by atoms with Crippen molar-refractivity contribution in [3.05, 3.63) is 147 Å². The molecular weight excluding hydrogens is 639 g/mol. The Kier molecular flexibility index (Phi) is 6.83. The van der Waals surface area contributed by atoms with E-state index in [0.29, 0.717) is 10.0 Å². The molecule has 2 aliphatic rings. The summed E-state index contributed by atoms with van der Waals surface area (Å²) >= 11 is 18.6. The van der Waals surface area contributed by atoms with E-state index in [0.717, 1.165) is 27.4 Å². The third-order valence-corrected chi connectivity index (χ3v) is 11.0. The second-order valence-corrected chi connectivity index (χ2v) is 15.0. The molecule has 7 aromatic rings. The van der Waals surface area contributed by atoms with E-state index >= 15 is 0 Å².